The van der Waals surface area contributed by atoms with Crippen molar-refractivity contribution in [2.45, 2.75) is 18.2 Å². The summed E-state index contributed by atoms with van der Waals surface area (Å²) >= 11 is 0. The van der Waals surface area contributed by atoms with Crippen LogP contribution in [0.2, 0.25) is 0 Å². The topological polar surface area (TPSA) is 51.2 Å². The third-order valence-electron chi connectivity index (χ3n) is 5.91. The number of rotatable bonds is 6. The number of hydrogen-bond donors (Lipinski definition) is 0. The molecule has 3 nitrogen and oxygen atoms in total. The third kappa shape index (κ3) is 3.74. The van der Waals surface area contributed by atoms with Gasteiger partial charge in [0, 0.05) is 5.92 Å². The molecule has 0 radical (unpaired) electrons. The third-order valence-corrected chi connectivity index (χ3v) is 7.57. The normalized spacial score (nSPS) is 26.2. The molecule has 1 fully saturated rings. The van der Waals surface area contributed by atoms with Crippen LogP contribution in [0.5, 0.6) is 0 Å². The first kappa shape index (κ1) is 18.9. The number of aryl methyl sites for hydroxylation is 1. The quantitative estimate of drug-likeness (QED) is 0.681. The Morgan fingerprint density at radius 2 is 1.68 bits per heavy atom. The van der Waals surface area contributed by atoms with Crippen LogP contribution in [-0.4, -0.2) is 20.0 Å². The van der Waals surface area contributed by atoms with Gasteiger partial charge in [-0.1, -0.05) is 72.3 Å². The van der Waals surface area contributed by atoms with Crippen molar-refractivity contribution in [3.8, 4) is 0 Å². The Hall–Kier alpha value is -2.46. The molecule has 4 atom stereocenters. The minimum Gasteiger partial charge on any atom is -0.298 e. The zero-order chi connectivity index (χ0) is 19.7. The van der Waals surface area contributed by atoms with Crippen LogP contribution >= 0.6 is 0 Å². The van der Waals surface area contributed by atoms with E-state index in [1.165, 1.54) is 0 Å². The molecule has 2 aliphatic rings. The highest BCUT2D eigenvalue weighted by molar-refractivity contribution is 7.92. The molecule has 4 rings (SSSR count). The standard InChI is InChI=1S/C24H24O3S/c1-17-7-12-21(13-8-17)28(26,27)16-23(25)24-20-11-10-19(15-20)22(24)14-9-18-5-3-2-4-6-18/h2-14,19-20,22,24H,15-16H2,1H3/b14-9+/t19-,20+,22+,24+/m1/s1. The molecule has 2 aromatic rings. The van der Waals surface area contributed by atoms with E-state index in [0.29, 0.717) is 5.92 Å². The molecule has 0 amide bonds. The first-order chi connectivity index (χ1) is 13.4. The predicted molar refractivity (Wildman–Crippen MR) is 111 cm³/mol. The van der Waals surface area contributed by atoms with Crippen molar-refractivity contribution in [1.29, 1.82) is 0 Å². The summed E-state index contributed by atoms with van der Waals surface area (Å²) in [7, 11) is -3.62. The second-order valence-electron chi connectivity index (χ2n) is 7.86. The molecule has 0 aromatic heterocycles. The number of carbonyl (C=O) groups is 1. The van der Waals surface area contributed by atoms with Crippen molar-refractivity contribution >= 4 is 21.7 Å². The van der Waals surface area contributed by atoms with Gasteiger partial charge in [-0.05, 0) is 48.8 Å². The Labute approximate surface area is 166 Å². The second-order valence-corrected chi connectivity index (χ2v) is 9.85. The predicted octanol–water partition coefficient (Wildman–Crippen LogP) is 4.49. The zero-order valence-corrected chi connectivity index (χ0v) is 16.7. The van der Waals surface area contributed by atoms with Crippen LogP contribution in [0.25, 0.3) is 6.08 Å². The van der Waals surface area contributed by atoms with Crippen LogP contribution in [0, 0.1) is 30.6 Å². The molecule has 0 saturated heterocycles. The van der Waals surface area contributed by atoms with E-state index >= 15 is 0 Å². The summed E-state index contributed by atoms with van der Waals surface area (Å²) in [6.07, 6.45) is 9.37. The van der Waals surface area contributed by atoms with E-state index in [2.05, 4.69) is 18.2 Å². The van der Waals surface area contributed by atoms with E-state index in [0.717, 1.165) is 17.5 Å². The molecule has 28 heavy (non-hydrogen) atoms. The summed E-state index contributed by atoms with van der Waals surface area (Å²) in [5.41, 5.74) is 2.09. The van der Waals surface area contributed by atoms with Crippen LogP contribution in [0.1, 0.15) is 17.5 Å². The molecule has 1 saturated carbocycles. The molecule has 0 aliphatic heterocycles. The fraction of sp³-hybridized carbons (Fsp3) is 0.292. The van der Waals surface area contributed by atoms with Gasteiger partial charge in [0.05, 0.1) is 4.90 Å². The van der Waals surface area contributed by atoms with Crippen LogP contribution in [0.4, 0.5) is 0 Å². The molecular weight excluding hydrogens is 368 g/mol. The Morgan fingerprint density at radius 3 is 2.39 bits per heavy atom. The first-order valence-corrected chi connectivity index (χ1v) is 11.3. The maximum absolute atomic E-state index is 13.1. The first-order valence-electron chi connectivity index (χ1n) is 9.68. The number of allylic oxidation sites excluding steroid dienone is 3. The highest BCUT2D eigenvalue weighted by Crippen LogP contribution is 2.49. The largest absolute Gasteiger partial charge is 0.298 e. The van der Waals surface area contributed by atoms with E-state index in [1.807, 2.05) is 43.3 Å². The summed E-state index contributed by atoms with van der Waals surface area (Å²) in [4.78, 5) is 13.3. The van der Waals surface area contributed by atoms with Gasteiger partial charge in [-0.3, -0.25) is 4.79 Å². The number of sulfone groups is 1. The minimum absolute atomic E-state index is 0.0657. The Balaban J connectivity index is 1.54. The second kappa shape index (κ2) is 7.51. The van der Waals surface area contributed by atoms with Crippen LogP contribution < -0.4 is 0 Å². The zero-order valence-electron chi connectivity index (χ0n) is 15.9. The van der Waals surface area contributed by atoms with Crippen molar-refractivity contribution in [3.63, 3.8) is 0 Å². The lowest BCUT2D eigenvalue weighted by Gasteiger charge is -2.24. The smallest absolute Gasteiger partial charge is 0.185 e. The summed E-state index contributed by atoms with van der Waals surface area (Å²) in [6.45, 7) is 1.91. The van der Waals surface area contributed by atoms with Crippen molar-refractivity contribution in [3.05, 3.63) is 84.0 Å². The Bertz CT molecular complexity index is 1020. The molecule has 0 N–H and O–H groups in total. The van der Waals surface area contributed by atoms with Crippen molar-refractivity contribution in [1.82, 2.24) is 0 Å². The van der Waals surface area contributed by atoms with E-state index in [4.69, 9.17) is 0 Å². The van der Waals surface area contributed by atoms with Crippen molar-refractivity contribution in [2.75, 3.05) is 5.75 Å². The summed E-state index contributed by atoms with van der Waals surface area (Å²) in [6, 6.07) is 16.7. The molecule has 2 bridgehead atoms. The molecule has 2 aromatic carbocycles. The number of fused-ring (bicyclic) bond motifs is 2. The lowest BCUT2D eigenvalue weighted by atomic mass is 9.80. The Morgan fingerprint density at radius 1 is 1.00 bits per heavy atom. The molecule has 0 unspecified atom stereocenters. The van der Waals surface area contributed by atoms with Gasteiger partial charge in [0.25, 0.3) is 0 Å². The molecule has 0 spiro atoms. The maximum Gasteiger partial charge on any atom is 0.185 e. The fourth-order valence-electron chi connectivity index (χ4n) is 4.48. The number of ketones is 1. The van der Waals surface area contributed by atoms with Gasteiger partial charge in [0.1, 0.15) is 5.75 Å². The Kier molecular flexibility index (Phi) is 5.07. The lowest BCUT2D eigenvalue weighted by molar-refractivity contribution is -0.121. The van der Waals surface area contributed by atoms with Gasteiger partial charge in [-0.15, -0.1) is 0 Å². The molecular formula is C24H24O3S. The van der Waals surface area contributed by atoms with Crippen molar-refractivity contribution < 1.29 is 13.2 Å². The van der Waals surface area contributed by atoms with E-state index in [9.17, 15) is 13.2 Å². The minimum atomic E-state index is -3.62. The number of carbonyl (C=O) groups excluding carboxylic acids is 1. The van der Waals surface area contributed by atoms with Crippen LogP contribution in [0.15, 0.2) is 77.7 Å². The summed E-state index contributed by atoms with van der Waals surface area (Å²) in [5.74, 6) is -0.309. The number of Topliss-reactive ketones (excluding diaryl/α,β-unsaturated/α-hetero) is 1. The van der Waals surface area contributed by atoms with Crippen molar-refractivity contribution in [2.24, 2.45) is 23.7 Å². The molecule has 4 heteroatoms. The average molecular weight is 393 g/mol. The van der Waals surface area contributed by atoms with E-state index in [-0.39, 0.29) is 28.4 Å². The van der Waals surface area contributed by atoms with Gasteiger partial charge < -0.3 is 0 Å². The summed E-state index contributed by atoms with van der Waals surface area (Å²) < 4.78 is 25.5. The average Bonchev–Trinajstić information content (AvgIpc) is 3.28. The maximum atomic E-state index is 13.1. The highest BCUT2D eigenvalue weighted by atomic mass is 32.2. The molecule has 144 valence electrons. The monoisotopic (exact) mass is 392 g/mol. The fourth-order valence-corrected chi connectivity index (χ4v) is 5.76. The van der Waals surface area contributed by atoms with Gasteiger partial charge in [-0.2, -0.15) is 0 Å². The SMILES string of the molecule is Cc1ccc(S(=O)(=O)CC(=O)[C@@H]2[C@@H](/C=C/c3ccccc3)[C@@H]3C=C[C@H]2C3)cc1. The van der Waals surface area contributed by atoms with Gasteiger partial charge in [0.15, 0.2) is 15.6 Å². The van der Waals surface area contributed by atoms with E-state index < -0.39 is 15.6 Å². The molecule has 0 heterocycles. The molecule has 2 aliphatic carbocycles. The highest BCUT2D eigenvalue weighted by Gasteiger charge is 2.47. The summed E-state index contributed by atoms with van der Waals surface area (Å²) in [5, 5.41) is 0. The number of hydrogen-bond acceptors (Lipinski definition) is 3. The van der Waals surface area contributed by atoms with E-state index in [1.54, 1.807) is 24.3 Å². The van der Waals surface area contributed by atoms with Crippen LogP contribution in [0.3, 0.4) is 0 Å². The van der Waals surface area contributed by atoms with Gasteiger partial charge in [-0.25, -0.2) is 8.42 Å². The lowest BCUT2D eigenvalue weighted by Crippen LogP contribution is -2.31. The van der Waals surface area contributed by atoms with Gasteiger partial charge in [0.2, 0.25) is 0 Å². The van der Waals surface area contributed by atoms with Crippen LogP contribution in [-0.2, 0) is 14.6 Å². The van der Waals surface area contributed by atoms with Gasteiger partial charge >= 0.3 is 0 Å². The number of benzene rings is 2.